The van der Waals surface area contributed by atoms with Crippen LogP contribution in [0, 0.1) is 11.6 Å². The first-order valence-corrected chi connectivity index (χ1v) is 13.3. The predicted octanol–water partition coefficient (Wildman–Crippen LogP) is 5.83. The van der Waals surface area contributed by atoms with Gasteiger partial charge in [0.25, 0.3) is 0 Å². The molecule has 1 fully saturated rings. The molecule has 200 valence electrons. The van der Waals surface area contributed by atoms with Crippen LogP contribution in [-0.2, 0) is 24.4 Å². The summed E-state index contributed by atoms with van der Waals surface area (Å²) in [4.78, 5) is 0. The van der Waals surface area contributed by atoms with E-state index in [9.17, 15) is 13.9 Å². The van der Waals surface area contributed by atoms with E-state index in [1.54, 1.807) is 10.9 Å². The number of aryl methyl sites for hydroxylation is 1. The summed E-state index contributed by atoms with van der Waals surface area (Å²) in [7, 11) is 1.82. The number of anilines is 1. The van der Waals surface area contributed by atoms with Crippen LogP contribution in [0.25, 0.3) is 0 Å². The molecule has 3 aromatic rings. The minimum absolute atomic E-state index is 0.0460. The highest BCUT2D eigenvalue weighted by Crippen LogP contribution is 2.38. The van der Waals surface area contributed by atoms with E-state index in [1.807, 2.05) is 13.2 Å². The van der Waals surface area contributed by atoms with Crippen molar-refractivity contribution >= 4 is 5.69 Å². The Bertz CT molecular complexity index is 1160. The minimum Gasteiger partial charge on any atom is -0.390 e. The Kier molecular flexibility index (Phi) is 8.34. The molecule has 0 spiro atoms. The SMILES string of the molecule is Cn1cc(N[C@@H](Cc2cc(F)cc(F)c2)[C@H](O)CNC2(c3cccc(C(C)(C)C)c3)CCCCC2)cn1. The molecular formula is C30H40F2N4O. The summed E-state index contributed by atoms with van der Waals surface area (Å²) in [6, 6.07) is 11.9. The zero-order valence-electron chi connectivity index (χ0n) is 22.4. The van der Waals surface area contributed by atoms with Gasteiger partial charge in [-0.3, -0.25) is 4.68 Å². The summed E-state index contributed by atoms with van der Waals surface area (Å²) in [6.45, 7) is 7.01. The number of nitrogens with one attached hydrogen (secondary N) is 2. The molecule has 1 aliphatic rings. The molecular weight excluding hydrogens is 470 g/mol. The smallest absolute Gasteiger partial charge is 0.126 e. The highest BCUT2D eigenvalue weighted by Gasteiger charge is 2.35. The van der Waals surface area contributed by atoms with Crippen LogP contribution in [0.5, 0.6) is 0 Å². The third kappa shape index (κ3) is 6.96. The van der Waals surface area contributed by atoms with E-state index in [-0.39, 0.29) is 17.4 Å². The van der Waals surface area contributed by atoms with Crippen LogP contribution >= 0.6 is 0 Å². The van der Waals surface area contributed by atoms with Crippen molar-refractivity contribution in [3.63, 3.8) is 0 Å². The van der Waals surface area contributed by atoms with Crippen molar-refractivity contribution in [1.29, 1.82) is 0 Å². The molecule has 37 heavy (non-hydrogen) atoms. The average Bonchev–Trinajstić information content (AvgIpc) is 3.26. The minimum atomic E-state index is -0.809. The Labute approximate surface area is 219 Å². The van der Waals surface area contributed by atoms with Gasteiger partial charge in [0.05, 0.1) is 24.0 Å². The van der Waals surface area contributed by atoms with Gasteiger partial charge >= 0.3 is 0 Å². The summed E-state index contributed by atoms with van der Waals surface area (Å²) in [5, 5.41) is 22.7. The molecule has 0 aliphatic heterocycles. The zero-order chi connectivity index (χ0) is 26.6. The molecule has 0 radical (unpaired) electrons. The van der Waals surface area contributed by atoms with Crippen molar-refractivity contribution < 1.29 is 13.9 Å². The standard InChI is InChI=1S/C30H40F2N4O/c1-29(2,3)22-9-8-10-23(16-22)30(11-6-5-7-12-30)33-19-28(37)27(35-26-18-34-36(4)20-26)15-21-13-24(31)17-25(32)14-21/h8-10,13-14,16-18,20,27-28,33,35,37H,5-7,11-12,15,19H2,1-4H3/t27-,28+/m0/s1. The second-order valence-corrected chi connectivity index (χ2v) is 11.6. The van der Waals surface area contributed by atoms with Crippen molar-refractivity contribution in [3.05, 3.63) is 83.2 Å². The van der Waals surface area contributed by atoms with Crippen molar-refractivity contribution in [3.8, 4) is 0 Å². The first-order chi connectivity index (χ1) is 17.5. The van der Waals surface area contributed by atoms with E-state index in [4.69, 9.17) is 0 Å². The molecule has 7 heteroatoms. The van der Waals surface area contributed by atoms with Crippen LogP contribution in [-0.4, -0.2) is 33.6 Å². The van der Waals surface area contributed by atoms with Crippen molar-refractivity contribution in [1.82, 2.24) is 15.1 Å². The number of halogens is 2. The van der Waals surface area contributed by atoms with Gasteiger partial charge in [0, 0.05) is 31.4 Å². The second-order valence-electron chi connectivity index (χ2n) is 11.6. The molecule has 2 aromatic carbocycles. The Balaban J connectivity index is 1.56. The van der Waals surface area contributed by atoms with Gasteiger partial charge in [0.2, 0.25) is 0 Å². The van der Waals surface area contributed by atoms with Gasteiger partial charge in [-0.1, -0.05) is 64.3 Å². The van der Waals surface area contributed by atoms with Gasteiger partial charge in [-0.15, -0.1) is 0 Å². The third-order valence-electron chi connectivity index (χ3n) is 7.54. The Morgan fingerprint density at radius 1 is 1.05 bits per heavy atom. The molecule has 1 saturated carbocycles. The summed E-state index contributed by atoms with van der Waals surface area (Å²) >= 11 is 0. The third-order valence-corrected chi connectivity index (χ3v) is 7.54. The molecule has 4 rings (SSSR count). The van der Waals surface area contributed by atoms with Gasteiger partial charge in [-0.25, -0.2) is 8.78 Å². The number of rotatable bonds is 9. The van der Waals surface area contributed by atoms with E-state index < -0.39 is 23.8 Å². The first-order valence-electron chi connectivity index (χ1n) is 13.3. The number of hydrogen-bond donors (Lipinski definition) is 3. The molecule has 0 amide bonds. The second kappa shape index (κ2) is 11.3. The lowest BCUT2D eigenvalue weighted by molar-refractivity contribution is 0.122. The van der Waals surface area contributed by atoms with Crippen LogP contribution in [0.1, 0.15) is 69.6 Å². The summed E-state index contributed by atoms with van der Waals surface area (Å²) in [5.41, 5.74) is 3.61. The van der Waals surface area contributed by atoms with E-state index in [0.29, 0.717) is 12.1 Å². The number of benzene rings is 2. The van der Waals surface area contributed by atoms with E-state index in [1.165, 1.54) is 29.7 Å². The number of aliphatic hydroxyl groups is 1. The van der Waals surface area contributed by atoms with Crippen molar-refractivity contribution in [2.24, 2.45) is 7.05 Å². The quantitative estimate of drug-likeness (QED) is 0.339. The molecule has 1 heterocycles. The molecule has 3 N–H and O–H groups in total. The predicted molar refractivity (Wildman–Crippen MR) is 145 cm³/mol. The molecule has 1 aromatic heterocycles. The number of aliphatic hydroxyl groups excluding tert-OH is 1. The fraction of sp³-hybridized carbons (Fsp3) is 0.500. The maximum Gasteiger partial charge on any atom is 0.126 e. The summed E-state index contributed by atoms with van der Waals surface area (Å²) in [5.74, 6) is -1.25. The van der Waals surface area contributed by atoms with Crippen LogP contribution in [0.3, 0.4) is 0 Å². The van der Waals surface area contributed by atoms with Crippen molar-refractivity contribution in [2.45, 2.75) is 82.4 Å². The van der Waals surface area contributed by atoms with E-state index in [2.05, 4.69) is 60.8 Å². The Morgan fingerprint density at radius 3 is 2.38 bits per heavy atom. The topological polar surface area (TPSA) is 62.1 Å². The van der Waals surface area contributed by atoms with Gasteiger partial charge in [0.15, 0.2) is 0 Å². The fourth-order valence-electron chi connectivity index (χ4n) is 5.42. The lowest BCUT2D eigenvalue weighted by atomic mass is 9.74. The van der Waals surface area contributed by atoms with Crippen LogP contribution in [0.4, 0.5) is 14.5 Å². The lowest BCUT2D eigenvalue weighted by Crippen LogP contribution is -2.50. The van der Waals surface area contributed by atoms with E-state index >= 15 is 0 Å². The van der Waals surface area contributed by atoms with Gasteiger partial charge in [-0.05, 0) is 53.5 Å². The maximum absolute atomic E-state index is 13.9. The Morgan fingerprint density at radius 2 is 1.76 bits per heavy atom. The lowest BCUT2D eigenvalue weighted by Gasteiger charge is -2.41. The Hall–Kier alpha value is -2.77. The molecule has 1 aliphatic carbocycles. The number of aromatic nitrogens is 2. The largest absolute Gasteiger partial charge is 0.390 e. The summed E-state index contributed by atoms with van der Waals surface area (Å²) in [6.07, 6.45) is 8.42. The number of nitrogens with zero attached hydrogens (tertiary/aromatic N) is 2. The molecule has 0 saturated heterocycles. The average molecular weight is 511 g/mol. The van der Waals surface area contributed by atoms with Crippen LogP contribution in [0.2, 0.25) is 0 Å². The fourth-order valence-corrected chi connectivity index (χ4v) is 5.42. The van der Waals surface area contributed by atoms with Crippen LogP contribution in [0.15, 0.2) is 54.9 Å². The molecule has 0 unspecified atom stereocenters. The van der Waals surface area contributed by atoms with Gasteiger partial charge in [0.1, 0.15) is 11.6 Å². The summed E-state index contributed by atoms with van der Waals surface area (Å²) < 4.78 is 29.5. The molecule has 2 atom stereocenters. The van der Waals surface area contributed by atoms with Gasteiger partial charge < -0.3 is 15.7 Å². The van der Waals surface area contributed by atoms with Crippen molar-refractivity contribution in [2.75, 3.05) is 11.9 Å². The maximum atomic E-state index is 13.9. The van der Waals surface area contributed by atoms with Gasteiger partial charge in [-0.2, -0.15) is 5.10 Å². The normalized spacial score (nSPS) is 17.4. The number of hydrogen-bond acceptors (Lipinski definition) is 4. The first kappa shape index (κ1) is 27.3. The van der Waals surface area contributed by atoms with Crippen LogP contribution < -0.4 is 10.6 Å². The highest BCUT2D eigenvalue weighted by molar-refractivity contribution is 5.40. The molecule has 0 bridgehead atoms. The molecule has 5 nitrogen and oxygen atoms in total. The zero-order valence-corrected chi connectivity index (χ0v) is 22.4. The van der Waals surface area contributed by atoms with E-state index in [0.717, 1.165) is 37.4 Å². The monoisotopic (exact) mass is 510 g/mol. The highest BCUT2D eigenvalue weighted by atomic mass is 19.1.